The molecule has 3 nitrogen and oxygen atoms in total. The minimum absolute atomic E-state index is 0.574. The molecule has 90 valence electrons. The van der Waals surface area contributed by atoms with Crippen LogP contribution in [0, 0.1) is 5.92 Å². The van der Waals surface area contributed by atoms with Crippen LogP contribution in [0.25, 0.3) is 0 Å². The summed E-state index contributed by atoms with van der Waals surface area (Å²) in [5, 5.41) is 8.21. The van der Waals surface area contributed by atoms with Crippen molar-refractivity contribution in [2.24, 2.45) is 5.92 Å². The summed E-state index contributed by atoms with van der Waals surface area (Å²) in [4.78, 5) is 0. The summed E-state index contributed by atoms with van der Waals surface area (Å²) in [6, 6.07) is 0. The van der Waals surface area contributed by atoms with Crippen LogP contribution in [0.1, 0.15) is 45.2 Å². The second kappa shape index (κ2) is 4.78. The van der Waals surface area contributed by atoms with Gasteiger partial charge in [0.25, 0.3) is 0 Å². The zero-order valence-electron chi connectivity index (χ0n) is 10.3. The monoisotopic (exact) mass is 285 g/mol. The van der Waals surface area contributed by atoms with Crippen molar-refractivity contribution < 1.29 is 0 Å². The van der Waals surface area contributed by atoms with Crippen molar-refractivity contribution in [1.29, 1.82) is 0 Å². The highest BCUT2D eigenvalue weighted by Crippen LogP contribution is 2.36. The third kappa shape index (κ3) is 1.99. The molecule has 1 atom stereocenters. The summed E-state index contributed by atoms with van der Waals surface area (Å²) in [6.45, 7) is 8.79. The fraction of sp³-hybridized carbons (Fsp3) is 0.750. The van der Waals surface area contributed by atoms with Crippen LogP contribution in [0.3, 0.4) is 0 Å². The van der Waals surface area contributed by atoms with E-state index in [1.807, 2.05) is 0 Å². The Labute approximate surface area is 106 Å². The molecule has 2 heterocycles. The van der Waals surface area contributed by atoms with Crippen LogP contribution >= 0.6 is 15.9 Å². The lowest BCUT2D eigenvalue weighted by molar-refractivity contribution is 0.439. The first kappa shape index (κ1) is 12.0. The maximum Gasteiger partial charge on any atom is 0.139 e. The number of aromatic nitrogens is 2. The largest absolute Gasteiger partial charge is 0.369 e. The molecular weight excluding hydrogens is 266 g/mol. The summed E-state index contributed by atoms with van der Waals surface area (Å²) in [6.07, 6.45) is 2.31. The second-order valence-corrected chi connectivity index (χ2v) is 5.52. The van der Waals surface area contributed by atoms with Gasteiger partial charge in [0, 0.05) is 19.0 Å². The third-order valence-corrected chi connectivity index (χ3v) is 4.18. The molecule has 16 heavy (non-hydrogen) atoms. The highest BCUT2D eigenvalue weighted by atomic mass is 79.9. The van der Waals surface area contributed by atoms with E-state index in [1.165, 1.54) is 16.0 Å². The topological polar surface area (TPSA) is 29.9 Å². The van der Waals surface area contributed by atoms with Gasteiger partial charge in [0.2, 0.25) is 0 Å². The molecule has 1 aromatic heterocycles. The summed E-state index contributed by atoms with van der Waals surface area (Å²) in [7, 11) is 0. The van der Waals surface area contributed by atoms with Gasteiger partial charge in [-0.15, -0.1) is 0 Å². The van der Waals surface area contributed by atoms with Gasteiger partial charge < -0.3 is 5.32 Å². The Balaban J connectivity index is 2.34. The van der Waals surface area contributed by atoms with Crippen LogP contribution < -0.4 is 5.32 Å². The van der Waals surface area contributed by atoms with Gasteiger partial charge in [-0.05, 0) is 34.7 Å². The fourth-order valence-electron chi connectivity index (χ4n) is 2.33. The van der Waals surface area contributed by atoms with Crippen molar-refractivity contribution in [2.75, 3.05) is 11.9 Å². The Kier molecular flexibility index (Phi) is 3.57. The van der Waals surface area contributed by atoms with Gasteiger partial charge in [0.05, 0.1) is 10.2 Å². The van der Waals surface area contributed by atoms with Crippen LogP contribution in [0.5, 0.6) is 0 Å². The molecule has 0 spiro atoms. The highest BCUT2D eigenvalue weighted by Gasteiger charge is 2.24. The maximum absolute atomic E-state index is 4.75. The lowest BCUT2D eigenvalue weighted by atomic mass is 10.00. The summed E-state index contributed by atoms with van der Waals surface area (Å²) >= 11 is 3.69. The molecule has 0 fully saturated rings. The molecule has 0 radical (unpaired) electrons. The molecule has 0 saturated carbocycles. The Morgan fingerprint density at radius 2 is 2.19 bits per heavy atom. The molecule has 1 aliphatic rings. The molecule has 0 bridgehead atoms. The molecule has 0 aliphatic carbocycles. The predicted molar refractivity (Wildman–Crippen MR) is 70.9 cm³/mol. The van der Waals surface area contributed by atoms with E-state index in [9.17, 15) is 0 Å². The number of nitrogens with zero attached hydrogens (tertiary/aromatic N) is 2. The first-order valence-electron chi connectivity index (χ1n) is 6.17. The van der Waals surface area contributed by atoms with Crippen LogP contribution in [-0.2, 0) is 6.54 Å². The van der Waals surface area contributed by atoms with E-state index in [2.05, 4.69) is 46.7 Å². The van der Waals surface area contributed by atoms with E-state index >= 15 is 0 Å². The molecule has 0 aromatic carbocycles. The minimum Gasteiger partial charge on any atom is -0.369 e. The van der Waals surface area contributed by atoms with Crippen molar-refractivity contribution in [3.63, 3.8) is 0 Å². The number of nitrogens with one attached hydrogen (secondary N) is 1. The maximum atomic E-state index is 4.75. The van der Waals surface area contributed by atoms with Crippen LogP contribution in [0.4, 0.5) is 5.82 Å². The van der Waals surface area contributed by atoms with Gasteiger partial charge in [-0.1, -0.05) is 20.8 Å². The number of halogens is 1. The Hall–Kier alpha value is -0.510. The first-order valence-corrected chi connectivity index (χ1v) is 6.96. The Bertz CT molecular complexity index is 369. The number of anilines is 1. The lowest BCUT2D eigenvalue weighted by Gasteiger charge is -2.21. The van der Waals surface area contributed by atoms with E-state index in [0.29, 0.717) is 11.8 Å². The van der Waals surface area contributed by atoms with Crippen molar-refractivity contribution in [2.45, 2.75) is 46.1 Å². The van der Waals surface area contributed by atoms with Crippen molar-refractivity contribution in [3.05, 3.63) is 10.2 Å². The normalized spacial score (nSPS) is 19.7. The van der Waals surface area contributed by atoms with E-state index in [-0.39, 0.29) is 0 Å². The zero-order valence-corrected chi connectivity index (χ0v) is 11.8. The predicted octanol–water partition coefficient (Wildman–Crippen LogP) is 3.61. The van der Waals surface area contributed by atoms with E-state index in [1.54, 1.807) is 0 Å². The smallest absolute Gasteiger partial charge is 0.139 e. The van der Waals surface area contributed by atoms with Gasteiger partial charge in [0.15, 0.2) is 0 Å². The summed E-state index contributed by atoms with van der Waals surface area (Å²) in [5.74, 6) is 2.40. The minimum atomic E-state index is 0.574. The third-order valence-electron chi connectivity index (χ3n) is 3.39. The number of hydrogen-bond donors (Lipinski definition) is 1. The fourth-order valence-corrected chi connectivity index (χ4v) is 3.07. The molecular formula is C12H20BrN3. The van der Waals surface area contributed by atoms with Crippen LogP contribution in [0.2, 0.25) is 0 Å². The van der Waals surface area contributed by atoms with Gasteiger partial charge in [0.1, 0.15) is 5.82 Å². The molecule has 0 amide bonds. The van der Waals surface area contributed by atoms with E-state index in [4.69, 9.17) is 5.10 Å². The average Bonchev–Trinajstić information content (AvgIpc) is 2.58. The number of fused-ring (bicyclic) bond motifs is 1. The first-order chi connectivity index (χ1) is 7.67. The zero-order chi connectivity index (χ0) is 11.7. The molecule has 1 aliphatic heterocycles. The van der Waals surface area contributed by atoms with Crippen molar-refractivity contribution in [1.82, 2.24) is 9.78 Å². The van der Waals surface area contributed by atoms with Crippen molar-refractivity contribution >= 4 is 21.7 Å². The van der Waals surface area contributed by atoms with Crippen LogP contribution in [0.15, 0.2) is 4.47 Å². The SMILES string of the molecule is CCC(CC)c1nn2c(c1Br)NCC(C)C2. The Morgan fingerprint density at radius 1 is 1.50 bits per heavy atom. The summed E-state index contributed by atoms with van der Waals surface area (Å²) in [5.41, 5.74) is 1.22. The molecule has 1 aromatic rings. The standard InChI is InChI=1S/C12H20BrN3/c1-4-9(5-2)11-10(13)12-14-6-8(3)7-16(12)15-11/h8-9,14H,4-7H2,1-3H3. The Morgan fingerprint density at radius 3 is 2.81 bits per heavy atom. The molecule has 1 N–H and O–H groups in total. The molecule has 1 unspecified atom stereocenters. The molecule has 0 saturated heterocycles. The van der Waals surface area contributed by atoms with Gasteiger partial charge in [-0.3, -0.25) is 0 Å². The van der Waals surface area contributed by atoms with Crippen LogP contribution in [-0.4, -0.2) is 16.3 Å². The average molecular weight is 286 g/mol. The molecule has 2 rings (SSSR count). The van der Waals surface area contributed by atoms with Gasteiger partial charge in [-0.2, -0.15) is 5.10 Å². The summed E-state index contributed by atoms with van der Waals surface area (Å²) < 4.78 is 3.29. The highest BCUT2D eigenvalue weighted by molar-refractivity contribution is 9.10. The van der Waals surface area contributed by atoms with E-state index in [0.717, 1.165) is 25.9 Å². The number of rotatable bonds is 3. The van der Waals surface area contributed by atoms with Gasteiger partial charge in [-0.25, -0.2) is 4.68 Å². The number of hydrogen-bond acceptors (Lipinski definition) is 2. The lowest BCUT2D eigenvalue weighted by Crippen LogP contribution is -2.25. The molecule has 4 heteroatoms. The van der Waals surface area contributed by atoms with E-state index < -0.39 is 0 Å². The van der Waals surface area contributed by atoms with Crippen molar-refractivity contribution in [3.8, 4) is 0 Å². The quantitative estimate of drug-likeness (QED) is 0.920. The van der Waals surface area contributed by atoms with Gasteiger partial charge >= 0.3 is 0 Å². The second-order valence-electron chi connectivity index (χ2n) is 4.73.